The first-order chi connectivity index (χ1) is 14.3. The van der Waals surface area contributed by atoms with Crippen molar-refractivity contribution in [3.05, 3.63) is 69.7 Å². The smallest absolute Gasteiger partial charge is 0.310 e. The van der Waals surface area contributed by atoms with Gasteiger partial charge < -0.3 is 5.32 Å². The molecule has 2 aliphatic heterocycles. The van der Waals surface area contributed by atoms with Gasteiger partial charge >= 0.3 is 12.4 Å². The summed E-state index contributed by atoms with van der Waals surface area (Å²) in [5, 5.41) is 2.32. The van der Waals surface area contributed by atoms with Crippen LogP contribution >= 0.6 is 11.6 Å². The van der Waals surface area contributed by atoms with E-state index in [0.717, 1.165) is 6.07 Å². The van der Waals surface area contributed by atoms with Crippen molar-refractivity contribution in [3.63, 3.8) is 0 Å². The first kappa shape index (κ1) is 22.3. The monoisotopic (exact) mass is 468 g/mol. The van der Waals surface area contributed by atoms with Crippen LogP contribution in [0.25, 0.3) is 0 Å². The Bertz CT molecular complexity index is 973. The molecule has 2 fully saturated rings. The van der Waals surface area contributed by atoms with Gasteiger partial charge in [-0.3, -0.25) is 4.84 Å². The largest absolute Gasteiger partial charge is 0.423 e. The molecule has 0 saturated carbocycles. The molecule has 0 aromatic heterocycles. The summed E-state index contributed by atoms with van der Waals surface area (Å²) in [6, 6.07) is 6.67. The zero-order chi connectivity index (χ0) is 22.7. The molecule has 4 rings (SSSR count). The molecule has 11 heteroatoms. The number of halogens is 8. The van der Waals surface area contributed by atoms with Crippen LogP contribution in [0.15, 0.2) is 42.5 Å². The maximum absolute atomic E-state index is 14.5. The summed E-state index contributed by atoms with van der Waals surface area (Å²) in [4.78, 5) is 4.93. The minimum absolute atomic E-state index is 0.143. The lowest BCUT2D eigenvalue weighted by Gasteiger charge is -2.35. The Morgan fingerprint density at radius 2 is 1.58 bits per heavy atom. The number of hydroxylamine groups is 1. The highest BCUT2D eigenvalue weighted by atomic mass is 35.5. The number of hydrogen-bond acceptors (Lipinski definition) is 3. The molecule has 2 N–H and O–H groups in total. The fourth-order valence-electron chi connectivity index (χ4n) is 3.79. The van der Waals surface area contributed by atoms with E-state index < -0.39 is 52.2 Å². The fraction of sp³-hybridized carbons (Fsp3) is 0.400. The molecule has 3 nitrogen and oxygen atoms in total. The van der Waals surface area contributed by atoms with Crippen molar-refractivity contribution in [1.29, 1.82) is 0 Å². The zero-order valence-electron chi connectivity index (χ0n) is 15.7. The number of benzene rings is 2. The molecule has 2 unspecified atom stereocenters. The predicted molar refractivity (Wildman–Crippen MR) is 97.9 cm³/mol. The fourth-order valence-corrected chi connectivity index (χ4v) is 4.03. The van der Waals surface area contributed by atoms with E-state index in [1.807, 2.05) is 0 Å². The average molecular weight is 469 g/mol. The van der Waals surface area contributed by atoms with E-state index in [1.54, 1.807) is 0 Å². The van der Waals surface area contributed by atoms with Gasteiger partial charge in [-0.15, -0.1) is 0 Å². The topological polar surface area (TPSA) is 33.3 Å². The van der Waals surface area contributed by atoms with E-state index in [1.165, 1.54) is 24.3 Å². The Balaban J connectivity index is 1.67. The Kier molecular flexibility index (Phi) is 5.28. The lowest BCUT2D eigenvalue weighted by Crippen LogP contribution is -2.53. The van der Waals surface area contributed by atoms with Crippen LogP contribution in [0, 0.1) is 0 Å². The Labute approximate surface area is 177 Å². The number of nitrogens with one attached hydrogen (secondary N) is 2. The van der Waals surface area contributed by atoms with E-state index in [4.69, 9.17) is 16.4 Å². The van der Waals surface area contributed by atoms with Crippen LogP contribution in [-0.4, -0.2) is 19.3 Å². The van der Waals surface area contributed by atoms with Crippen LogP contribution < -0.4 is 10.8 Å². The van der Waals surface area contributed by atoms with Crippen LogP contribution in [0.3, 0.4) is 0 Å². The SMILES string of the molecule is FC(F)(F)c1cc(Cl)cc(C2(C(F)(F)F)CC(c3ccc(C4(F)CNC4)cc3)NO2)c1. The van der Waals surface area contributed by atoms with Crippen molar-refractivity contribution < 1.29 is 35.6 Å². The second-order valence-corrected chi connectivity index (χ2v) is 8.16. The normalized spacial score (nSPS) is 26.0. The van der Waals surface area contributed by atoms with Gasteiger partial charge in [0.05, 0.1) is 11.6 Å². The van der Waals surface area contributed by atoms with Crippen molar-refractivity contribution in [1.82, 2.24) is 10.8 Å². The van der Waals surface area contributed by atoms with Crippen LogP contribution in [0.5, 0.6) is 0 Å². The molecule has 0 radical (unpaired) electrons. The summed E-state index contributed by atoms with van der Waals surface area (Å²) in [5.41, 5.74) is -3.58. The van der Waals surface area contributed by atoms with E-state index >= 15 is 0 Å². The molecule has 168 valence electrons. The predicted octanol–water partition coefficient (Wildman–Crippen LogP) is 5.55. The third kappa shape index (κ3) is 3.90. The van der Waals surface area contributed by atoms with Crippen LogP contribution in [0.1, 0.15) is 34.7 Å². The van der Waals surface area contributed by atoms with Crippen molar-refractivity contribution in [2.45, 2.75) is 36.1 Å². The van der Waals surface area contributed by atoms with Crippen LogP contribution in [0.4, 0.5) is 30.7 Å². The van der Waals surface area contributed by atoms with Gasteiger partial charge in [0.25, 0.3) is 0 Å². The summed E-state index contributed by atoms with van der Waals surface area (Å²) >= 11 is 5.70. The molecule has 2 aliphatic rings. The van der Waals surface area contributed by atoms with Crippen molar-refractivity contribution >= 4 is 11.6 Å². The molecule has 0 bridgehead atoms. The molecule has 2 heterocycles. The van der Waals surface area contributed by atoms with E-state index in [2.05, 4.69) is 10.8 Å². The summed E-state index contributed by atoms with van der Waals surface area (Å²) < 4.78 is 96.1. The molecule has 2 aromatic carbocycles. The van der Waals surface area contributed by atoms with Crippen molar-refractivity contribution in [3.8, 4) is 0 Å². The highest BCUT2D eigenvalue weighted by molar-refractivity contribution is 6.30. The van der Waals surface area contributed by atoms with Gasteiger partial charge in [-0.1, -0.05) is 35.9 Å². The molecule has 2 saturated heterocycles. The highest BCUT2D eigenvalue weighted by Gasteiger charge is 2.62. The minimum Gasteiger partial charge on any atom is -0.310 e. The van der Waals surface area contributed by atoms with E-state index in [0.29, 0.717) is 23.3 Å². The Morgan fingerprint density at radius 1 is 0.935 bits per heavy atom. The third-order valence-corrected chi connectivity index (χ3v) is 5.88. The maximum atomic E-state index is 14.5. The number of rotatable bonds is 3. The zero-order valence-corrected chi connectivity index (χ0v) is 16.4. The first-order valence-electron chi connectivity index (χ1n) is 9.23. The summed E-state index contributed by atoms with van der Waals surface area (Å²) in [5.74, 6) is 0. The Hall–Kier alpha value is -1.88. The average Bonchev–Trinajstić information content (AvgIpc) is 3.12. The second-order valence-electron chi connectivity index (χ2n) is 7.72. The summed E-state index contributed by atoms with van der Waals surface area (Å²) in [6.45, 7) is 0.287. The van der Waals surface area contributed by atoms with Crippen molar-refractivity contribution in [2.75, 3.05) is 13.1 Å². The van der Waals surface area contributed by atoms with Gasteiger partial charge in [0, 0.05) is 24.5 Å². The van der Waals surface area contributed by atoms with Crippen molar-refractivity contribution in [2.24, 2.45) is 0 Å². The first-order valence-corrected chi connectivity index (χ1v) is 9.60. The third-order valence-electron chi connectivity index (χ3n) is 5.66. The quantitative estimate of drug-likeness (QED) is 0.579. The molecular weight excluding hydrogens is 453 g/mol. The number of alkyl halides is 7. The standard InChI is InChI=1S/C20H16ClF7N2O/c21-15-6-13(5-14(7-15)19(23,24)25)18(20(26,27)28)8-16(30-31-18)11-1-3-12(4-2-11)17(22)9-29-10-17/h1-7,16,29-30H,8-10H2. The molecular formula is C20H16ClF7N2O. The molecule has 2 aromatic rings. The highest BCUT2D eigenvalue weighted by Crippen LogP contribution is 2.52. The van der Waals surface area contributed by atoms with Gasteiger partial charge in [-0.05, 0) is 34.9 Å². The van der Waals surface area contributed by atoms with Gasteiger partial charge in [-0.2, -0.15) is 31.8 Å². The summed E-state index contributed by atoms with van der Waals surface area (Å²) in [6.07, 6.45) is -10.6. The van der Waals surface area contributed by atoms with Gasteiger partial charge in [-0.25, -0.2) is 4.39 Å². The molecule has 0 amide bonds. The Morgan fingerprint density at radius 3 is 2.10 bits per heavy atom. The van der Waals surface area contributed by atoms with Crippen LogP contribution in [0.2, 0.25) is 5.02 Å². The maximum Gasteiger partial charge on any atom is 0.423 e. The van der Waals surface area contributed by atoms with E-state index in [-0.39, 0.29) is 13.1 Å². The summed E-state index contributed by atoms with van der Waals surface area (Å²) in [7, 11) is 0. The van der Waals surface area contributed by atoms with E-state index in [9.17, 15) is 30.7 Å². The molecule has 2 atom stereocenters. The lowest BCUT2D eigenvalue weighted by atomic mass is 9.84. The lowest BCUT2D eigenvalue weighted by molar-refractivity contribution is -0.282. The molecule has 31 heavy (non-hydrogen) atoms. The van der Waals surface area contributed by atoms with Crippen LogP contribution in [-0.2, 0) is 22.3 Å². The molecule has 0 spiro atoms. The van der Waals surface area contributed by atoms with Gasteiger partial charge in [0.15, 0.2) is 5.67 Å². The molecule has 0 aliphatic carbocycles. The van der Waals surface area contributed by atoms with Gasteiger partial charge in [0.1, 0.15) is 0 Å². The second kappa shape index (κ2) is 7.33. The minimum atomic E-state index is -5.04. The number of hydrogen-bond donors (Lipinski definition) is 2. The van der Waals surface area contributed by atoms with Gasteiger partial charge in [0.2, 0.25) is 5.60 Å².